The molecule has 1 heterocycles. The molecular formula is C30H26O. The van der Waals surface area contributed by atoms with Crippen molar-refractivity contribution < 1.29 is 4.74 Å². The zero-order valence-corrected chi connectivity index (χ0v) is 18.5. The summed E-state index contributed by atoms with van der Waals surface area (Å²) in [5, 5.41) is 0. The van der Waals surface area contributed by atoms with Crippen LogP contribution in [-0.2, 0) is 10.8 Å². The van der Waals surface area contributed by atoms with Gasteiger partial charge in [-0.05, 0) is 57.6 Å². The van der Waals surface area contributed by atoms with Crippen molar-refractivity contribution in [1.29, 1.82) is 0 Å². The fraction of sp³-hybridized carbons (Fsp3) is 0.200. The average molecular weight is 403 g/mol. The van der Waals surface area contributed by atoms with Crippen LogP contribution in [0.3, 0.4) is 0 Å². The van der Waals surface area contributed by atoms with E-state index in [1.54, 1.807) is 0 Å². The SMILES string of the molecule is CC1(C)c2ccccc2Oc2ccc(-c3ccc4c(c3)-c3ccccc3C4(C)C)cc21. The topological polar surface area (TPSA) is 9.23 Å². The van der Waals surface area contributed by atoms with Gasteiger partial charge in [0.05, 0.1) is 0 Å². The summed E-state index contributed by atoms with van der Waals surface area (Å²) in [6.45, 7) is 9.23. The molecule has 2 aliphatic rings. The van der Waals surface area contributed by atoms with E-state index in [1.807, 2.05) is 6.07 Å². The first kappa shape index (κ1) is 18.4. The molecule has 0 spiro atoms. The number of para-hydroxylation sites is 1. The van der Waals surface area contributed by atoms with Gasteiger partial charge in [0.15, 0.2) is 0 Å². The molecule has 1 aliphatic heterocycles. The molecule has 31 heavy (non-hydrogen) atoms. The van der Waals surface area contributed by atoms with Crippen molar-refractivity contribution in [1.82, 2.24) is 0 Å². The van der Waals surface area contributed by atoms with Gasteiger partial charge >= 0.3 is 0 Å². The van der Waals surface area contributed by atoms with Gasteiger partial charge in [0, 0.05) is 22.0 Å². The Morgan fingerprint density at radius 2 is 1.06 bits per heavy atom. The van der Waals surface area contributed by atoms with Crippen molar-refractivity contribution in [2.75, 3.05) is 0 Å². The summed E-state index contributed by atoms with van der Waals surface area (Å²) in [6.07, 6.45) is 0. The molecule has 0 fully saturated rings. The van der Waals surface area contributed by atoms with Crippen molar-refractivity contribution >= 4 is 0 Å². The molecule has 1 nitrogen and oxygen atoms in total. The van der Waals surface area contributed by atoms with Crippen LogP contribution in [0.2, 0.25) is 0 Å². The molecule has 1 heteroatoms. The highest BCUT2D eigenvalue weighted by Crippen LogP contribution is 2.51. The first-order chi connectivity index (χ1) is 14.9. The Bertz CT molecular complexity index is 1360. The highest BCUT2D eigenvalue weighted by Gasteiger charge is 2.36. The summed E-state index contributed by atoms with van der Waals surface area (Å²) in [6, 6.07) is 30.8. The summed E-state index contributed by atoms with van der Waals surface area (Å²) in [5.41, 5.74) is 10.5. The van der Waals surface area contributed by atoms with Crippen LogP contribution in [0.1, 0.15) is 49.9 Å². The fourth-order valence-corrected chi connectivity index (χ4v) is 5.52. The van der Waals surface area contributed by atoms with E-state index in [0.717, 1.165) is 11.5 Å². The van der Waals surface area contributed by atoms with Crippen LogP contribution < -0.4 is 4.74 Å². The number of rotatable bonds is 1. The van der Waals surface area contributed by atoms with Crippen LogP contribution in [-0.4, -0.2) is 0 Å². The van der Waals surface area contributed by atoms with Crippen LogP contribution in [0.15, 0.2) is 84.9 Å². The Hall–Kier alpha value is -3.32. The summed E-state index contributed by atoms with van der Waals surface area (Å²) < 4.78 is 6.25. The zero-order valence-electron chi connectivity index (χ0n) is 18.5. The largest absolute Gasteiger partial charge is 0.457 e. The second-order valence-corrected chi connectivity index (χ2v) is 9.87. The van der Waals surface area contributed by atoms with Crippen LogP contribution in [0.5, 0.6) is 11.5 Å². The molecule has 4 aromatic rings. The Morgan fingerprint density at radius 1 is 0.484 bits per heavy atom. The van der Waals surface area contributed by atoms with Gasteiger partial charge < -0.3 is 4.74 Å². The fourth-order valence-electron chi connectivity index (χ4n) is 5.52. The molecule has 6 rings (SSSR count). The van der Waals surface area contributed by atoms with Gasteiger partial charge in [0.2, 0.25) is 0 Å². The number of hydrogen-bond donors (Lipinski definition) is 0. The van der Waals surface area contributed by atoms with Crippen LogP contribution in [0, 0.1) is 0 Å². The van der Waals surface area contributed by atoms with E-state index in [4.69, 9.17) is 4.74 Å². The van der Waals surface area contributed by atoms with Gasteiger partial charge in [-0.25, -0.2) is 0 Å². The van der Waals surface area contributed by atoms with E-state index in [2.05, 4.69) is 107 Å². The highest BCUT2D eigenvalue weighted by molar-refractivity contribution is 5.84. The number of ether oxygens (including phenoxy) is 1. The maximum Gasteiger partial charge on any atom is 0.131 e. The molecule has 0 aromatic heterocycles. The molecule has 0 atom stereocenters. The summed E-state index contributed by atoms with van der Waals surface area (Å²) in [7, 11) is 0. The minimum atomic E-state index is -0.106. The van der Waals surface area contributed by atoms with E-state index in [-0.39, 0.29) is 10.8 Å². The Morgan fingerprint density at radius 3 is 1.90 bits per heavy atom. The molecule has 0 saturated heterocycles. The van der Waals surface area contributed by atoms with Crippen LogP contribution >= 0.6 is 0 Å². The smallest absolute Gasteiger partial charge is 0.131 e. The predicted octanol–water partition coefficient (Wildman–Crippen LogP) is 8.09. The third-order valence-corrected chi connectivity index (χ3v) is 7.35. The summed E-state index contributed by atoms with van der Waals surface area (Å²) in [5.74, 6) is 1.92. The first-order valence-electron chi connectivity index (χ1n) is 11.0. The summed E-state index contributed by atoms with van der Waals surface area (Å²) in [4.78, 5) is 0. The second kappa shape index (κ2) is 6.11. The maximum atomic E-state index is 6.25. The minimum Gasteiger partial charge on any atom is -0.457 e. The molecule has 0 unspecified atom stereocenters. The normalized spacial score (nSPS) is 16.5. The first-order valence-corrected chi connectivity index (χ1v) is 11.0. The Balaban J connectivity index is 1.49. The molecule has 4 aromatic carbocycles. The molecule has 0 N–H and O–H groups in total. The van der Waals surface area contributed by atoms with E-state index >= 15 is 0 Å². The quantitative estimate of drug-likeness (QED) is 0.312. The van der Waals surface area contributed by atoms with E-state index < -0.39 is 0 Å². The third kappa shape index (κ3) is 2.50. The van der Waals surface area contributed by atoms with Gasteiger partial charge in [-0.3, -0.25) is 0 Å². The second-order valence-electron chi connectivity index (χ2n) is 9.87. The number of hydrogen-bond acceptors (Lipinski definition) is 1. The van der Waals surface area contributed by atoms with Gasteiger partial charge in [-0.2, -0.15) is 0 Å². The van der Waals surface area contributed by atoms with E-state index in [1.165, 1.54) is 44.5 Å². The maximum absolute atomic E-state index is 6.25. The number of fused-ring (bicyclic) bond motifs is 5. The molecule has 0 amide bonds. The van der Waals surface area contributed by atoms with Gasteiger partial charge in [-0.1, -0.05) is 88.4 Å². The standard InChI is InChI=1S/C30H26O/c1-29(2)23-10-6-5-9-21(23)22-17-19(13-15-24(22)29)20-14-16-28-26(18-20)30(3,4)25-11-7-8-12-27(25)31-28/h5-18H,1-4H3. The molecule has 152 valence electrons. The van der Waals surface area contributed by atoms with Gasteiger partial charge in [-0.15, -0.1) is 0 Å². The monoisotopic (exact) mass is 402 g/mol. The lowest BCUT2D eigenvalue weighted by Gasteiger charge is -2.34. The Kier molecular flexibility index (Phi) is 3.63. The number of benzene rings is 4. The van der Waals surface area contributed by atoms with Crippen LogP contribution in [0.4, 0.5) is 0 Å². The van der Waals surface area contributed by atoms with Crippen molar-refractivity contribution in [3.05, 3.63) is 107 Å². The zero-order chi connectivity index (χ0) is 21.4. The third-order valence-electron chi connectivity index (χ3n) is 7.35. The minimum absolute atomic E-state index is 0.0415. The van der Waals surface area contributed by atoms with Gasteiger partial charge in [0.1, 0.15) is 11.5 Å². The van der Waals surface area contributed by atoms with Crippen molar-refractivity contribution in [3.8, 4) is 33.8 Å². The molecule has 0 radical (unpaired) electrons. The van der Waals surface area contributed by atoms with Gasteiger partial charge in [0.25, 0.3) is 0 Å². The van der Waals surface area contributed by atoms with E-state index in [0.29, 0.717) is 0 Å². The molecule has 0 saturated carbocycles. The lowest BCUT2D eigenvalue weighted by atomic mass is 9.75. The highest BCUT2D eigenvalue weighted by atomic mass is 16.5. The lowest BCUT2D eigenvalue weighted by Crippen LogP contribution is -2.24. The predicted molar refractivity (Wildman–Crippen MR) is 128 cm³/mol. The average Bonchev–Trinajstić information content (AvgIpc) is 3.01. The summed E-state index contributed by atoms with van der Waals surface area (Å²) >= 11 is 0. The molecule has 0 bridgehead atoms. The van der Waals surface area contributed by atoms with Crippen molar-refractivity contribution in [2.45, 2.75) is 38.5 Å². The van der Waals surface area contributed by atoms with E-state index in [9.17, 15) is 0 Å². The molecular weight excluding hydrogens is 376 g/mol. The van der Waals surface area contributed by atoms with Crippen LogP contribution in [0.25, 0.3) is 22.3 Å². The lowest BCUT2D eigenvalue weighted by molar-refractivity contribution is 0.418. The Labute approximate surface area is 184 Å². The van der Waals surface area contributed by atoms with Crippen molar-refractivity contribution in [3.63, 3.8) is 0 Å². The van der Waals surface area contributed by atoms with Crippen molar-refractivity contribution in [2.24, 2.45) is 0 Å². The molecule has 1 aliphatic carbocycles.